The molecule has 0 fully saturated rings. The molecule has 0 bridgehead atoms. The summed E-state index contributed by atoms with van der Waals surface area (Å²) >= 11 is 1.53. The monoisotopic (exact) mass is 212 g/mol. The SMILES string of the molecule is CCCSc1cccc(F)c1C(=N)N. The lowest BCUT2D eigenvalue weighted by Crippen LogP contribution is -2.14. The third-order valence-electron chi connectivity index (χ3n) is 1.71. The van der Waals surface area contributed by atoms with Gasteiger partial charge in [0.05, 0.1) is 5.56 Å². The Labute approximate surface area is 87.2 Å². The number of nitrogens with one attached hydrogen (secondary N) is 1. The number of nitrogen functional groups attached to an aromatic ring is 1. The largest absolute Gasteiger partial charge is 0.384 e. The van der Waals surface area contributed by atoms with E-state index in [4.69, 9.17) is 11.1 Å². The van der Waals surface area contributed by atoms with E-state index in [2.05, 4.69) is 6.92 Å². The average Bonchev–Trinajstić information content (AvgIpc) is 2.14. The van der Waals surface area contributed by atoms with Crippen molar-refractivity contribution in [3.05, 3.63) is 29.6 Å². The summed E-state index contributed by atoms with van der Waals surface area (Å²) in [6, 6.07) is 4.76. The van der Waals surface area contributed by atoms with E-state index < -0.39 is 5.82 Å². The molecule has 1 rings (SSSR count). The van der Waals surface area contributed by atoms with E-state index in [0.29, 0.717) is 0 Å². The Morgan fingerprint density at radius 1 is 1.57 bits per heavy atom. The maximum atomic E-state index is 13.3. The normalized spacial score (nSPS) is 10.1. The van der Waals surface area contributed by atoms with Crippen LogP contribution >= 0.6 is 11.8 Å². The zero-order valence-electron chi connectivity index (χ0n) is 8.01. The summed E-state index contributed by atoms with van der Waals surface area (Å²) in [4.78, 5) is 0.749. The molecule has 0 saturated heterocycles. The quantitative estimate of drug-likeness (QED) is 0.458. The van der Waals surface area contributed by atoms with Gasteiger partial charge in [-0.25, -0.2) is 4.39 Å². The van der Waals surface area contributed by atoms with E-state index >= 15 is 0 Å². The highest BCUT2D eigenvalue weighted by molar-refractivity contribution is 7.99. The van der Waals surface area contributed by atoms with Crippen molar-refractivity contribution in [2.45, 2.75) is 18.2 Å². The van der Waals surface area contributed by atoms with Crippen molar-refractivity contribution in [3.63, 3.8) is 0 Å². The van der Waals surface area contributed by atoms with Crippen LogP contribution in [0.4, 0.5) is 4.39 Å². The van der Waals surface area contributed by atoms with Gasteiger partial charge in [0.25, 0.3) is 0 Å². The molecule has 0 aliphatic carbocycles. The molecule has 0 aliphatic rings. The van der Waals surface area contributed by atoms with E-state index in [1.54, 1.807) is 12.1 Å². The van der Waals surface area contributed by atoms with Crippen molar-refractivity contribution >= 4 is 17.6 Å². The van der Waals surface area contributed by atoms with Gasteiger partial charge in [-0.2, -0.15) is 0 Å². The maximum Gasteiger partial charge on any atom is 0.135 e. The number of benzene rings is 1. The number of hydrogen-bond acceptors (Lipinski definition) is 2. The Morgan fingerprint density at radius 3 is 2.86 bits per heavy atom. The second-order valence-electron chi connectivity index (χ2n) is 2.88. The lowest BCUT2D eigenvalue weighted by atomic mass is 10.2. The van der Waals surface area contributed by atoms with E-state index in [9.17, 15) is 4.39 Å². The molecule has 76 valence electrons. The zero-order valence-corrected chi connectivity index (χ0v) is 8.83. The van der Waals surface area contributed by atoms with Crippen molar-refractivity contribution < 1.29 is 4.39 Å². The fraction of sp³-hybridized carbons (Fsp3) is 0.300. The molecule has 4 heteroatoms. The van der Waals surface area contributed by atoms with Gasteiger partial charge in [0.1, 0.15) is 11.7 Å². The summed E-state index contributed by atoms with van der Waals surface area (Å²) in [5.74, 6) is 0.282. The molecule has 0 saturated carbocycles. The highest BCUT2D eigenvalue weighted by Gasteiger charge is 2.10. The van der Waals surface area contributed by atoms with E-state index in [0.717, 1.165) is 17.1 Å². The first-order valence-corrected chi connectivity index (χ1v) is 5.41. The molecule has 0 aromatic heterocycles. The van der Waals surface area contributed by atoms with Gasteiger partial charge in [-0.15, -0.1) is 11.8 Å². The molecule has 0 unspecified atom stereocenters. The summed E-state index contributed by atoms with van der Waals surface area (Å²) < 4.78 is 13.3. The number of nitrogens with two attached hydrogens (primary N) is 1. The molecule has 2 nitrogen and oxygen atoms in total. The van der Waals surface area contributed by atoms with Crippen LogP contribution in [-0.4, -0.2) is 11.6 Å². The summed E-state index contributed by atoms with van der Waals surface area (Å²) in [6.45, 7) is 2.06. The zero-order chi connectivity index (χ0) is 10.6. The number of halogens is 1. The fourth-order valence-corrected chi connectivity index (χ4v) is 2.05. The first-order valence-electron chi connectivity index (χ1n) is 4.42. The third kappa shape index (κ3) is 2.48. The van der Waals surface area contributed by atoms with Gasteiger partial charge in [-0.3, -0.25) is 5.41 Å². The highest BCUT2D eigenvalue weighted by atomic mass is 32.2. The van der Waals surface area contributed by atoms with Crippen molar-refractivity contribution in [1.82, 2.24) is 0 Å². The molecule has 1 aromatic carbocycles. The Kier molecular flexibility index (Phi) is 3.95. The van der Waals surface area contributed by atoms with Gasteiger partial charge < -0.3 is 5.73 Å². The van der Waals surface area contributed by atoms with Crippen LogP contribution in [0.3, 0.4) is 0 Å². The van der Waals surface area contributed by atoms with Crippen LogP contribution in [0.2, 0.25) is 0 Å². The van der Waals surface area contributed by atoms with Gasteiger partial charge in [-0.05, 0) is 24.3 Å². The standard InChI is InChI=1S/C10H13FN2S/c1-2-6-14-8-5-3-4-7(11)9(8)10(12)13/h3-5H,2,6H2,1H3,(H3,12,13). The van der Waals surface area contributed by atoms with Gasteiger partial charge in [0.2, 0.25) is 0 Å². The van der Waals surface area contributed by atoms with Crippen LogP contribution in [0.15, 0.2) is 23.1 Å². The molecular weight excluding hydrogens is 199 g/mol. The number of hydrogen-bond donors (Lipinski definition) is 2. The molecule has 0 heterocycles. The number of thioether (sulfide) groups is 1. The van der Waals surface area contributed by atoms with Gasteiger partial charge in [0.15, 0.2) is 0 Å². The minimum Gasteiger partial charge on any atom is -0.384 e. The van der Waals surface area contributed by atoms with Crippen LogP contribution < -0.4 is 5.73 Å². The van der Waals surface area contributed by atoms with Crippen LogP contribution in [0, 0.1) is 11.2 Å². The predicted molar refractivity (Wildman–Crippen MR) is 58.4 cm³/mol. The lowest BCUT2D eigenvalue weighted by molar-refractivity contribution is 0.621. The summed E-state index contributed by atoms with van der Waals surface area (Å²) in [5, 5.41) is 7.28. The minimum atomic E-state index is -0.418. The Balaban J connectivity index is 3.02. The Morgan fingerprint density at radius 2 is 2.29 bits per heavy atom. The molecule has 14 heavy (non-hydrogen) atoms. The minimum absolute atomic E-state index is 0.207. The van der Waals surface area contributed by atoms with Gasteiger partial charge in [0, 0.05) is 4.90 Å². The molecule has 0 aliphatic heterocycles. The van der Waals surface area contributed by atoms with Gasteiger partial charge in [-0.1, -0.05) is 13.0 Å². The average molecular weight is 212 g/mol. The van der Waals surface area contributed by atoms with Crippen LogP contribution in [0.25, 0.3) is 0 Å². The first-order chi connectivity index (χ1) is 6.66. The van der Waals surface area contributed by atoms with Crippen LogP contribution in [-0.2, 0) is 0 Å². The summed E-state index contributed by atoms with van der Waals surface area (Å²) in [6.07, 6.45) is 1.01. The second-order valence-corrected chi connectivity index (χ2v) is 4.01. The van der Waals surface area contributed by atoms with Gasteiger partial charge >= 0.3 is 0 Å². The smallest absolute Gasteiger partial charge is 0.135 e. The van der Waals surface area contributed by atoms with Crippen LogP contribution in [0.5, 0.6) is 0 Å². The summed E-state index contributed by atoms with van der Waals surface area (Å²) in [5.41, 5.74) is 5.54. The van der Waals surface area contributed by atoms with E-state index in [1.807, 2.05) is 0 Å². The fourth-order valence-electron chi connectivity index (χ4n) is 1.10. The number of rotatable bonds is 4. The molecule has 0 amide bonds. The molecule has 0 radical (unpaired) electrons. The van der Waals surface area contributed by atoms with Crippen molar-refractivity contribution in [2.24, 2.45) is 5.73 Å². The van der Waals surface area contributed by atoms with Crippen molar-refractivity contribution in [1.29, 1.82) is 5.41 Å². The molecule has 0 spiro atoms. The predicted octanol–water partition coefficient (Wildman–Crippen LogP) is 2.61. The second kappa shape index (κ2) is 5.00. The van der Waals surface area contributed by atoms with E-state index in [1.165, 1.54) is 17.8 Å². The Bertz CT molecular complexity index is 339. The van der Waals surface area contributed by atoms with Crippen molar-refractivity contribution in [3.8, 4) is 0 Å². The Hall–Kier alpha value is -1.03. The highest BCUT2D eigenvalue weighted by Crippen LogP contribution is 2.24. The topological polar surface area (TPSA) is 49.9 Å². The molecule has 1 aromatic rings. The molecule has 0 atom stereocenters. The molecular formula is C10H13FN2S. The van der Waals surface area contributed by atoms with Crippen LogP contribution in [0.1, 0.15) is 18.9 Å². The third-order valence-corrected chi connectivity index (χ3v) is 2.97. The number of amidine groups is 1. The van der Waals surface area contributed by atoms with Crippen molar-refractivity contribution in [2.75, 3.05) is 5.75 Å². The lowest BCUT2D eigenvalue weighted by Gasteiger charge is -2.07. The maximum absolute atomic E-state index is 13.3. The molecule has 3 N–H and O–H groups in total. The summed E-state index contributed by atoms with van der Waals surface area (Å²) in [7, 11) is 0. The van der Waals surface area contributed by atoms with E-state index in [-0.39, 0.29) is 11.4 Å². The first kappa shape index (κ1) is 11.0.